The lowest BCUT2D eigenvalue weighted by Crippen LogP contribution is -2.34. The Bertz CT molecular complexity index is 1060. The summed E-state index contributed by atoms with van der Waals surface area (Å²) in [6, 6.07) is 5.68. The van der Waals surface area contributed by atoms with Crippen LogP contribution in [0.4, 0.5) is 5.95 Å². The van der Waals surface area contributed by atoms with Crippen LogP contribution in [0.1, 0.15) is 25.7 Å². The van der Waals surface area contributed by atoms with E-state index in [1.165, 1.54) is 0 Å². The minimum absolute atomic E-state index is 0.0841. The molecule has 31 heavy (non-hydrogen) atoms. The molecule has 1 fully saturated rings. The van der Waals surface area contributed by atoms with E-state index in [1.807, 2.05) is 18.3 Å². The minimum Gasteiger partial charge on any atom is -0.481 e. The van der Waals surface area contributed by atoms with Crippen LogP contribution in [0.2, 0.25) is 5.02 Å². The van der Waals surface area contributed by atoms with Crippen LogP contribution in [0.25, 0.3) is 17.1 Å². The summed E-state index contributed by atoms with van der Waals surface area (Å²) in [4.78, 5) is 25.1. The number of carbonyl (C=O) groups excluding carboxylic acids is 1. The number of hydrogen-bond acceptors (Lipinski definition) is 7. The lowest BCUT2D eigenvalue weighted by atomic mass is 9.85. The summed E-state index contributed by atoms with van der Waals surface area (Å²) in [5.41, 5.74) is 1.34. The lowest BCUT2D eigenvalue weighted by Gasteiger charge is -2.28. The summed E-state index contributed by atoms with van der Waals surface area (Å²) in [7, 11) is 3.25. The number of aromatic nitrogens is 5. The van der Waals surface area contributed by atoms with Gasteiger partial charge in [-0.05, 0) is 31.7 Å². The third kappa shape index (κ3) is 4.77. The molecule has 0 spiro atoms. The summed E-state index contributed by atoms with van der Waals surface area (Å²) in [6.45, 7) is 0. The van der Waals surface area contributed by atoms with Gasteiger partial charge in [0.2, 0.25) is 17.7 Å². The van der Waals surface area contributed by atoms with Crippen LogP contribution in [-0.4, -0.2) is 50.8 Å². The number of ether oxygens (including phenoxy) is 1. The second-order valence-electron chi connectivity index (χ2n) is 7.41. The number of nitrogens with zero attached hydrogens (tertiary/aromatic N) is 5. The number of rotatable bonds is 6. The summed E-state index contributed by atoms with van der Waals surface area (Å²) >= 11 is 6.38. The number of pyridine rings is 1. The Morgan fingerprint density at radius 3 is 2.74 bits per heavy atom. The first-order valence-corrected chi connectivity index (χ1v) is 10.5. The molecule has 1 aliphatic carbocycles. The Balaban J connectivity index is 1.49. The number of carbonyl (C=O) groups is 1. The summed E-state index contributed by atoms with van der Waals surface area (Å²) < 4.78 is 6.82. The Labute approximate surface area is 185 Å². The lowest BCUT2D eigenvalue weighted by molar-refractivity contribution is -0.125. The van der Waals surface area contributed by atoms with Crippen molar-refractivity contribution in [2.24, 2.45) is 5.92 Å². The maximum absolute atomic E-state index is 11.8. The molecule has 0 aliphatic heterocycles. The molecule has 3 heterocycles. The highest BCUT2D eigenvalue weighted by atomic mass is 35.5. The zero-order chi connectivity index (χ0) is 21.8. The largest absolute Gasteiger partial charge is 0.481 e. The minimum atomic E-state index is 0.0841. The van der Waals surface area contributed by atoms with Gasteiger partial charge in [0.15, 0.2) is 5.82 Å². The van der Waals surface area contributed by atoms with Crippen LogP contribution in [-0.2, 0) is 4.79 Å². The van der Waals surface area contributed by atoms with E-state index in [2.05, 4.69) is 30.7 Å². The van der Waals surface area contributed by atoms with Gasteiger partial charge in [0, 0.05) is 36.8 Å². The summed E-state index contributed by atoms with van der Waals surface area (Å²) in [5.74, 6) is 1.84. The molecule has 4 rings (SSSR count). The second-order valence-corrected chi connectivity index (χ2v) is 7.82. The van der Waals surface area contributed by atoms with Gasteiger partial charge in [-0.25, -0.2) is 14.6 Å². The highest BCUT2D eigenvalue weighted by Gasteiger charge is 2.26. The number of anilines is 1. The molecule has 3 aromatic rings. The molecule has 162 valence electrons. The molecule has 2 N–H and O–H groups in total. The van der Waals surface area contributed by atoms with Gasteiger partial charge in [0.1, 0.15) is 0 Å². The molecule has 0 radical (unpaired) electrons. The van der Waals surface area contributed by atoms with Crippen LogP contribution < -0.4 is 15.4 Å². The fourth-order valence-electron chi connectivity index (χ4n) is 3.74. The van der Waals surface area contributed by atoms with E-state index in [0.29, 0.717) is 28.4 Å². The predicted octanol–water partition coefficient (Wildman–Crippen LogP) is 3.10. The van der Waals surface area contributed by atoms with E-state index in [4.69, 9.17) is 16.3 Å². The van der Waals surface area contributed by atoms with Crippen molar-refractivity contribution in [1.29, 1.82) is 0 Å². The molecular weight excluding hydrogens is 418 g/mol. The topological polar surface area (TPSA) is 107 Å². The first-order valence-electron chi connectivity index (χ1n) is 10.1. The molecular formula is C21H24ClN7O2. The number of hydrogen-bond donors (Lipinski definition) is 2. The monoisotopic (exact) mass is 441 g/mol. The van der Waals surface area contributed by atoms with Crippen LogP contribution in [0.15, 0.2) is 36.8 Å². The SMILES string of the molecule is CNC(=O)C1CCC(Nc2ncc(Cl)c(-c3cnn(-c4cccc(OC)n4)c3)n2)CC1. The first-order chi connectivity index (χ1) is 15.1. The Morgan fingerprint density at radius 2 is 2.00 bits per heavy atom. The molecule has 0 unspecified atom stereocenters. The molecule has 1 aliphatic rings. The van der Waals surface area contributed by atoms with E-state index < -0.39 is 0 Å². The van der Waals surface area contributed by atoms with Crippen molar-refractivity contribution in [3.63, 3.8) is 0 Å². The fraction of sp³-hybridized carbons (Fsp3) is 0.381. The normalized spacial score (nSPS) is 18.4. The first kappa shape index (κ1) is 21.0. The van der Waals surface area contributed by atoms with E-state index in [9.17, 15) is 4.79 Å². The number of nitrogens with one attached hydrogen (secondary N) is 2. The van der Waals surface area contributed by atoms with Gasteiger partial charge >= 0.3 is 0 Å². The van der Waals surface area contributed by atoms with E-state index in [-0.39, 0.29) is 17.9 Å². The van der Waals surface area contributed by atoms with Crippen molar-refractivity contribution in [2.45, 2.75) is 31.7 Å². The Kier molecular flexibility index (Phi) is 6.31. The van der Waals surface area contributed by atoms with Crippen molar-refractivity contribution >= 4 is 23.5 Å². The maximum atomic E-state index is 11.8. The van der Waals surface area contributed by atoms with Gasteiger partial charge in [0.05, 0.1) is 30.2 Å². The van der Waals surface area contributed by atoms with Crippen molar-refractivity contribution in [3.8, 4) is 23.0 Å². The van der Waals surface area contributed by atoms with Crippen LogP contribution >= 0.6 is 11.6 Å². The molecule has 1 saturated carbocycles. The van der Waals surface area contributed by atoms with Gasteiger partial charge in [-0.1, -0.05) is 17.7 Å². The summed E-state index contributed by atoms with van der Waals surface area (Å²) in [5, 5.41) is 10.9. The molecule has 1 amide bonds. The average Bonchev–Trinajstić information content (AvgIpc) is 3.30. The van der Waals surface area contributed by atoms with Crippen LogP contribution in [0.3, 0.4) is 0 Å². The number of halogens is 1. The predicted molar refractivity (Wildman–Crippen MR) is 117 cm³/mol. The highest BCUT2D eigenvalue weighted by molar-refractivity contribution is 6.32. The summed E-state index contributed by atoms with van der Waals surface area (Å²) in [6.07, 6.45) is 8.56. The second kappa shape index (κ2) is 9.30. The van der Waals surface area contributed by atoms with Gasteiger partial charge in [-0.3, -0.25) is 4.79 Å². The van der Waals surface area contributed by atoms with E-state index in [0.717, 1.165) is 31.2 Å². The molecule has 0 saturated heterocycles. The zero-order valence-electron chi connectivity index (χ0n) is 17.4. The molecule has 0 atom stereocenters. The van der Waals surface area contributed by atoms with Gasteiger partial charge in [0.25, 0.3) is 0 Å². The van der Waals surface area contributed by atoms with Crippen LogP contribution in [0.5, 0.6) is 5.88 Å². The van der Waals surface area contributed by atoms with Gasteiger partial charge < -0.3 is 15.4 Å². The van der Waals surface area contributed by atoms with Crippen LogP contribution in [0, 0.1) is 5.92 Å². The Morgan fingerprint density at radius 1 is 1.19 bits per heavy atom. The molecule has 0 aromatic carbocycles. The van der Waals surface area contributed by atoms with Crippen molar-refractivity contribution in [2.75, 3.05) is 19.5 Å². The molecule has 0 bridgehead atoms. The quantitative estimate of drug-likeness (QED) is 0.605. The van der Waals surface area contributed by atoms with Crippen molar-refractivity contribution < 1.29 is 9.53 Å². The third-order valence-corrected chi connectivity index (χ3v) is 5.71. The van der Waals surface area contributed by atoms with Gasteiger partial charge in [-0.15, -0.1) is 0 Å². The van der Waals surface area contributed by atoms with Crippen molar-refractivity contribution in [1.82, 2.24) is 30.0 Å². The fourth-order valence-corrected chi connectivity index (χ4v) is 3.94. The van der Waals surface area contributed by atoms with Crippen molar-refractivity contribution in [3.05, 3.63) is 41.8 Å². The standard InChI is InChI=1S/C21H24ClN7O2/c1-23-20(30)13-6-8-15(9-7-13)26-21-24-11-16(22)19(28-21)14-10-25-29(12-14)17-4-3-5-18(27-17)31-2/h3-5,10-13,15H,6-9H2,1-2H3,(H,23,30)(H,24,26,28). The molecule has 9 nitrogen and oxygen atoms in total. The van der Waals surface area contributed by atoms with E-state index in [1.54, 1.807) is 37.3 Å². The average molecular weight is 442 g/mol. The third-order valence-electron chi connectivity index (χ3n) is 5.43. The molecule has 3 aromatic heterocycles. The number of methoxy groups -OCH3 is 1. The number of amides is 1. The molecule has 10 heteroatoms. The Hall–Kier alpha value is -3.20. The van der Waals surface area contributed by atoms with Gasteiger partial charge in [-0.2, -0.15) is 10.1 Å². The smallest absolute Gasteiger partial charge is 0.223 e. The van der Waals surface area contributed by atoms with E-state index >= 15 is 0 Å². The maximum Gasteiger partial charge on any atom is 0.223 e. The zero-order valence-corrected chi connectivity index (χ0v) is 18.1. The highest BCUT2D eigenvalue weighted by Crippen LogP contribution is 2.29.